The minimum absolute atomic E-state index is 0.158. The lowest BCUT2D eigenvalue weighted by Gasteiger charge is -2.23. The number of likely N-dealkylation sites (tertiary alicyclic amines) is 1. The summed E-state index contributed by atoms with van der Waals surface area (Å²) in [5.41, 5.74) is 2.27. The summed E-state index contributed by atoms with van der Waals surface area (Å²) >= 11 is 5.88. The van der Waals surface area contributed by atoms with Crippen molar-refractivity contribution in [1.82, 2.24) is 14.5 Å². The van der Waals surface area contributed by atoms with Gasteiger partial charge in [0.2, 0.25) is 15.9 Å². The van der Waals surface area contributed by atoms with Crippen LogP contribution < -0.4 is 5.32 Å². The Morgan fingerprint density at radius 2 is 1.58 bits per heavy atom. The van der Waals surface area contributed by atoms with Crippen molar-refractivity contribution in [2.24, 2.45) is 0 Å². The highest BCUT2D eigenvalue weighted by atomic mass is 35.5. The van der Waals surface area contributed by atoms with Gasteiger partial charge in [0.15, 0.2) is 0 Å². The summed E-state index contributed by atoms with van der Waals surface area (Å²) in [6.45, 7) is 4.01. The van der Waals surface area contributed by atoms with E-state index in [1.54, 1.807) is 12.1 Å². The Morgan fingerprint density at radius 3 is 2.26 bits per heavy atom. The van der Waals surface area contributed by atoms with Crippen molar-refractivity contribution in [1.29, 1.82) is 0 Å². The van der Waals surface area contributed by atoms with Gasteiger partial charge in [-0.3, -0.25) is 9.69 Å². The molecule has 1 unspecified atom stereocenters. The van der Waals surface area contributed by atoms with Crippen LogP contribution in [0.15, 0.2) is 53.4 Å². The van der Waals surface area contributed by atoms with E-state index in [2.05, 4.69) is 22.3 Å². The van der Waals surface area contributed by atoms with Gasteiger partial charge in [-0.2, -0.15) is 4.31 Å². The molecule has 1 atom stereocenters. The highest BCUT2D eigenvalue weighted by molar-refractivity contribution is 7.89. The fraction of sp³-hybridized carbons (Fsp3) is 0.435. The van der Waals surface area contributed by atoms with Crippen molar-refractivity contribution in [2.75, 3.05) is 19.6 Å². The van der Waals surface area contributed by atoms with E-state index in [1.165, 1.54) is 34.8 Å². The van der Waals surface area contributed by atoms with Gasteiger partial charge >= 0.3 is 0 Å². The lowest BCUT2D eigenvalue weighted by molar-refractivity contribution is -0.124. The molecule has 2 aromatic rings. The number of hydrogen-bond acceptors (Lipinski definition) is 4. The normalized spacial score (nSPS) is 20.2. The molecule has 0 saturated carbocycles. The van der Waals surface area contributed by atoms with Crippen LogP contribution in [0.1, 0.15) is 36.8 Å². The van der Waals surface area contributed by atoms with Crippen LogP contribution in [0.25, 0.3) is 0 Å². The third kappa shape index (κ3) is 5.29. The number of carbonyl (C=O) groups is 1. The van der Waals surface area contributed by atoms with Crippen LogP contribution in [0.5, 0.6) is 0 Å². The summed E-state index contributed by atoms with van der Waals surface area (Å²) in [6.07, 6.45) is 3.73. The van der Waals surface area contributed by atoms with Crippen molar-refractivity contribution < 1.29 is 13.2 Å². The van der Waals surface area contributed by atoms with Gasteiger partial charge in [0.1, 0.15) is 6.04 Å². The minimum Gasteiger partial charge on any atom is -0.351 e. The Bertz CT molecular complexity index is 1000. The molecule has 1 amide bonds. The monoisotopic (exact) mass is 461 g/mol. The number of nitrogens with one attached hydrogen (secondary N) is 1. The largest absolute Gasteiger partial charge is 0.351 e. The highest BCUT2D eigenvalue weighted by Crippen LogP contribution is 2.27. The summed E-state index contributed by atoms with van der Waals surface area (Å²) < 4.78 is 27.3. The molecule has 31 heavy (non-hydrogen) atoms. The zero-order chi connectivity index (χ0) is 21.8. The fourth-order valence-electron chi connectivity index (χ4n) is 4.30. The molecule has 1 N–H and O–H groups in total. The van der Waals surface area contributed by atoms with Crippen LogP contribution in [0, 0.1) is 0 Å². The number of rotatable bonds is 7. The number of amides is 1. The number of sulfonamides is 1. The first-order valence-corrected chi connectivity index (χ1v) is 12.6. The number of hydrogen-bond donors (Lipinski definition) is 1. The Morgan fingerprint density at radius 1 is 0.935 bits per heavy atom. The van der Waals surface area contributed by atoms with Crippen molar-refractivity contribution in [3.63, 3.8) is 0 Å². The third-order valence-corrected chi connectivity index (χ3v) is 8.20. The summed E-state index contributed by atoms with van der Waals surface area (Å²) in [5, 5.41) is 3.39. The molecular formula is C23H28ClN3O3S. The maximum atomic E-state index is 13.0. The maximum absolute atomic E-state index is 13.0. The van der Waals surface area contributed by atoms with Crippen molar-refractivity contribution in [2.45, 2.75) is 49.7 Å². The van der Waals surface area contributed by atoms with Gasteiger partial charge in [0.25, 0.3) is 0 Å². The van der Waals surface area contributed by atoms with E-state index in [4.69, 9.17) is 11.6 Å². The zero-order valence-electron chi connectivity index (χ0n) is 17.5. The molecule has 0 radical (unpaired) electrons. The van der Waals surface area contributed by atoms with Crippen LogP contribution >= 0.6 is 11.6 Å². The highest BCUT2D eigenvalue weighted by Gasteiger charge is 2.39. The molecule has 2 saturated heterocycles. The predicted molar refractivity (Wildman–Crippen MR) is 121 cm³/mol. The summed E-state index contributed by atoms with van der Waals surface area (Å²) in [5.74, 6) is -0.254. The fourth-order valence-corrected chi connectivity index (χ4v) is 6.08. The quantitative estimate of drug-likeness (QED) is 0.686. The molecule has 166 valence electrons. The molecule has 8 heteroatoms. The minimum atomic E-state index is -3.74. The van der Waals surface area contributed by atoms with E-state index in [0.717, 1.165) is 25.2 Å². The molecule has 0 aromatic heterocycles. The van der Waals surface area contributed by atoms with E-state index < -0.39 is 16.1 Å². The van der Waals surface area contributed by atoms with Crippen molar-refractivity contribution in [3.05, 3.63) is 64.7 Å². The van der Waals surface area contributed by atoms with Crippen LogP contribution in [0.2, 0.25) is 5.02 Å². The van der Waals surface area contributed by atoms with Crippen LogP contribution in [-0.4, -0.2) is 49.2 Å². The van der Waals surface area contributed by atoms with Crippen LogP contribution in [0.4, 0.5) is 0 Å². The van der Waals surface area contributed by atoms with Gasteiger partial charge in [-0.25, -0.2) is 8.42 Å². The smallest absolute Gasteiger partial charge is 0.243 e. The lowest BCUT2D eigenvalue weighted by Crippen LogP contribution is -2.45. The molecular weight excluding hydrogens is 434 g/mol. The molecule has 4 rings (SSSR count). The van der Waals surface area contributed by atoms with E-state index >= 15 is 0 Å². The maximum Gasteiger partial charge on any atom is 0.243 e. The Balaban J connectivity index is 1.36. The topological polar surface area (TPSA) is 69.7 Å². The summed E-state index contributed by atoms with van der Waals surface area (Å²) in [6, 6.07) is 13.6. The third-order valence-electron chi connectivity index (χ3n) is 6.02. The van der Waals surface area contributed by atoms with Crippen LogP contribution in [0.3, 0.4) is 0 Å². The summed E-state index contributed by atoms with van der Waals surface area (Å²) in [4.78, 5) is 15.4. The molecule has 2 aromatic carbocycles. The first-order valence-electron chi connectivity index (χ1n) is 10.8. The first kappa shape index (κ1) is 22.3. The van der Waals surface area contributed by atoms with E-state index in [0.29, 0.717) is 31.0 Å². The standard InChI is InChI=1S/C23H28ClN3O3S/c24-20-9-11-21(12-10-20)31(29,30)27-15-3-4-22(27)23(28)25-16-18-5-7-19(8-6-18)17-26-13-1-2-14-26/h5-12,22H,1-4,13-17H2,(H,25,28). The van der Waals surface area contributed by atoms with Gasteiger partial charge in [-0.1, -0.05) is 35.9 Å². The van der Waals surface area contributed by atoms with Crippen LogP contribution in [-0.2, 0) is 27.9 Å². The molecule has 0 aliphatic carbocycles. The summed E-state index contributed by atoms with van der Waals surface area (Å²) in [7, 11) is -3.74. The number of halogens is 1. The van der Waals surface area contributed by atoms with Crippen molar-refractivity contribution in [3.8, 4) is 0 Å². The SMILES string of the molecule is O=C(NCc1ccc(CN2CCCC2)cc1)C1CCCN1S(=O)(=O)c1ccc(Cl)cc1. The first-order chi connectivity index (χ1) is 14.9. The molecule has 2 fully saturated rings. The second-order valence-electron chi connectivity index (χ2n) is 8.25. The second-order valence-corrected chi connectivity index (χ2v) is 10.6. The van der Waals surface area contributed by atoms with Gasteiger partial charge in [0, 0.05) is 24.7 Å². The average Bonchev–Trinajstić information content (AvgIpc) is 3.46. The molecule has 0 bridgehead atoms. The van der Waals surface area contributed by atoms with E-state index in [9.17, 15) is 13.2 Å². The second kappa shape index (κ2) is 9.69. The molecule has 2 heterocycles. The molecule has 0 spiro atoms. The molecule has 2 aliphatic heterocycles. The molecule has 6 nitrogen and oxygen atoms in total. The Kier molecular flexibility index (Phi) is 6.96. The zero-order valence-corrected chi connectivity index (χ0v) is 19.0. The Hall–Kier alpha value is -1.93. The van der Waals surface area contributed by atoms with E-state index in [1.807, 2.05) is 12.1 Å². The van der Waals surface area contributed by atoms with Crippen molar-refractivity contribution >= 4 is 27.5 Å². The predicted octanol–water partition coefficient (Wildman–Crippen LogP) is 3.41. The van der Waals surface area contributed by atoms with E-state index in [-0.39, 0.29) is 10.8 Å². The lowest BCUT2D eigenvalue weighted by atomic mass is 10.1. The van der Waals surface area contributed by atoms with Gasteiger partial charge in [-0.05, 0) is 74.2 Å². The molecule has 2 aliphatic rings. The Labute approximate surface area is 189 Å². The number of nitrogens with zero attached hydrogens (tertiary/aromatic N) is 2. The average molecular weight is 462 g/mol. The van der Waals surface area contributed by atoms with Gasteiger partial charge in [-0.15, -0.1) is 0 Å². The number of benzene rings is 2. The van der Waals surface area contributed by atoms with Gasteiger partial charge in [0.05, 0.1) is 4.90 Å². The van der Waals surface area contributed by atoms with Gasteiger partial charge < -0.3 is 5.32 Å². The number of carbonyl (C=O) groups excluding carboxylic acids is 1.